The van der Waals surface area contributed by atoms with Gasteiger partial charge in [0.15, 0.2) is 0 Å². The van der Waals surface area contributed by atoms with Gasteiger partial charge in [-0.25, -0.2) is 8.42 Å². The first-order valence-electron chi connectivity index (χ1n) is 8.37. The maximum atomic E-state index is 12.1. The highest BCUT2D eigenvalue weighted by Gasteiger charge is 2.26. The van der Waals surface area contributed by atoms with Gasteiger partial charge in [0.2, 0.25) is 10.0 Å². The van der Waals surface area contributed by atoms with Crippen molar-refractivity contribution in [3.63, 3.8) is 0 Å². The molecule has 1 aromatic rings. The Morgan fingerprint density at radius 1 is 1.04 bits per heavy atom. The average Bonchev–Trinajstić information content (AvgIpc) is 2.61. The fourth-order valence-corrected chi connectivity index (χ4v) is 4.20. The summed E-state index contributed by atoms with van der Waals surface area (Å²) in [6.07, 6.45) is 2.10. The minimum absolute atomic E-state index is 0.0704. The Labute approximate surface area is 145 Å². The first kappa shape index (κ1) is 19.2. The number of methoxy groups -OCH3 is 2. The summed E-state index contributed by atoms with van der Waals surface area (Å²) in [5.74, 6) is 0.950. The molecule has 0 bridgehead atoms. The number of piperazine rings is 1. The number of nitrogens with zero attached hydrogens (tertiary/aromatic N) is 2. The molecule has 136 valence electrons. The molecule has 0 N–H and O–H groups in total. The van der Waals surface area contributed by atoms with Crippen molar-refractivity contribution in [1.82, 2.24) is 9.21 Å². The molecule has 7 heteroatoms. The standard InChI is InChI=1S/C17H28N2O4S/c1-22-14-15-24(20,21)19-12-10-18(11-13-19)9-3-4-16-5-7-17(23-2)8-6-16/h5-8H,3-4,9-15H2,1-2H3. The van der Waals surface area contributed by atoms with Crippen LogP contribution in [0.25, 0.3) is 0 Å². The lowest BCUT2D eigenvalue weighted by Gasteiger charge is -2.33. The number of sulfonamides is 1. The van der Waals surface area contributed by atoms with Gasteiger partial charge in [-0.3, -0.25) is 0 Å². The van der Waals surface area contributed by atoms with Crippen LogP contribution in [-0.4, -0.2) is 76.9 Å². The van der Waals surface area contributed by atoms with E-state index in [-0.39, 0.29) is 12.4 Å². The van der Waals surface area contributed by atoms with Gasteiger partial charge in [0.05, 0.1) is 19.5 Å². The van der Waals surface area contributed by atoms with Crippen molar-refractivity contribution in [2.45, 2.75) is 12.8 Å². The smallest absolute Gasteiger partial charge is 0.216 e. The maximum Gasteiger partial charge on any atom is 0.216 e. The largest absolute Gasteiger partial charge is 0.497 e. The highest BCUT2D eigenvalue weighted by molar-refractivity contribution is 7.89. The highest BCUT2D eigenvalue weighted by atomic mass is 32.2. The van der Waals surface area contributed by atoms with E-state index in [9.17, 15) is 8.42 Å². The zero-order valence-corrected chi connectivity index (χ0v) is 15.4. The number of aryl methyl sites for hydroxylation is 1. The summed E-state index contributed by atoms with van der Waals surface area (Å²) in [4.78, 5) is 2.34. The van der Waals surface area contributed by atoms with Crippen LogP contribution in [-0.2, 0) is 21.2 Å². The van der Waals surface area contributed by atoms with Gasteiger partial charge in [0.1, 0.15) is 5.75 Å². The molecule has 1 heterocycles. The Morgan fingerprint density at radius 2 is 1.71 bits per heavy atom. The molecular formula is C17H28N2O4S. The molecule has 1 aliphatic rings. The van der Waals surface area contributed by atoms with Gasteiger partial charge in [0, 0.05) is 33.3 Å². The number of ether oxygens (including phenoxy) is 2. The topological polar surface area (TPSA) is 59.1 Å². The first-order chi connectivity index (χ1) is 11.5. The summed E-state index contributed by atoms with van der Waals surface area (Å²) < 4.78 is 35.9. The molecule has 1 saturated heterocycles. The van der Waals surface area contributed by atoms with Crippen molar-refractivity contribution in [1.29, 1.82) is 0 Å². The van der Waals surface area contributed by atoms with E-state index in [1.54, 1.807) is 11.4 Å². The van der Waals surface area contributed by atoms with Crippen LogP contribution < -0.4 is 4.74 Å². The summed E-state index contributed by atoms with van der Waals surface area (Å²) in [7, 11) is 0.0256. The molecule has 24 heavy (non-hydrogen) atoms. The van der Waals surface area contributed by atoms with Gasteiger partial charge >= 0.3 is 0 Å². The van der Waals surface area contributed by atoms with Gasteiger partial charge in [-0.15, -0.1) is 0 Å². The number of hydrogen-bond donors (Lipinski definition) is 0. The highest BCUT2D eigenvalue weighted by Crippen LogP contribution is 2.13. The lowest BCUT2D eigenvalue weighted by Crippen LogP contribution is -2.49. The molecule has 1 fully saturated rings. The summed E-state index contributed by atoms with van der Waals surface area (Å²) >= 11 is 0. The van der Waals surface area contributed by atoms with Crippen molar-refractivity contribution in [3.05, 3.63) is 29.8 Å². The van der Waals surface area contributed by atoms with E-state index < -0.39 is 10.0 Å². The van der Waals surface area contributed by atoms with Crippen LogP contribution in [0, 0.1) is 0 Å². The van der Waals surface area contributed by atoms with Crippen LogP contribution in [0.4, 0.5) is 0 Å². The van der Waals surface area contributed by atoms with Crippen LogP contribution in [0.5, 0.6) is 5.75 Å². The van der Waals surface area contributed by atoms with Gasteiger partial charge in [-0.05, 0) is 37.1 Å². The minimum Gasteiger partial charge on any atom is -0.497 e. The number of benzene rings is 1. The Hall–Kier alpha value is -1.15. The molecule has 0 atom stereocenters. The SMILES string of the molecule is COCCS(=O)(=O)N1CCN(CCCc2ccc(OC)cc2)CC1. The molecule has 1 aromatic carbocycles. The van der Waals surface area contributed by atoms with Gasteiger partial charge < -0.3 is 14.4 Å². The van der Waals surface area contributed by atoms with Crippen molar-refractivity contribution in [2.75, 3.05) is 59.3 Å². The number of hydrogen-bond acceptors (Lipinski definition) is 5. The molecule has 1 aliphatic heterocycles. The third-order valence-electron chi connectivity index (χ3n) is 4.37. The Bertz CT molecular complexity index is 581. The van der Waals surface area contributed by atoms with Crippen LogP contribution in [0.1, 0.15) is 12.0 Å². The van der Waals surface area contributed by atoms with Crippen molar-refractivity contribution < 1.29 is 17.9 Å². The van der Waals surface area contributed by atoms with E-state index in [1.807, 2.05) is 12.1 Å². The van der Waals surface area contributed by atoms with Crippen LogP contribution >= 0.6 is 0 Å². The molecule has 0 spiro atoms. The van der Waals surface area contributed by atoms with E-state index in [2.05, 4.69) is 17.0 Å². The quantitative estimate of drug-likeness (QED) is 0.666. The molecule has 6 nitrogen and oxygen atoms in total. The zero-order chi connectivity index (χ0) is 17.4. The van der Waals surface area contributed by atoms with E-state index in [0.717, 1.165) is 38.2 Å². The van der Waals surface area contributed by atoms with Crippen molar-refractivity contribution >= 4 is 10.0 Å². The Kier molecular flexibility index (Phi) is 7.48. The molecule has 0 amide bonds. The van der Waals surface area contributed by atoms with Gasteiger partial charge in [0.25, 0.3) is 0 Å². The maximum absolute atomic E-state index is 12.1. The predicted molar refractivity (Wildman–Crippen MR) is 95.0 cm³/mol. The van der Waals surface area contributed by atoms with Crippen molar-refractivity contribution in [3.8, 4) is 5.75 Å². The average molecular weight is 356 g/mol. The summed E-state index contributed by atoms with van der Waals surface area (Å²) in [5.41, 5.74) is 1.30. The fourth-order valence-electron chi connectivity index (χ4n) is 2.85. The molecule has 0 radical (unpaired) electrons. The van der Waals surface area contributed by atoms with E-state index in [1.165, 1.54) is 12.7 Å². The second-order valence-corrected chi connectivity index (χ2v) is 8.09. The lowest BCUT2D eigenvalue weighted by molar-refractivity contribution is 0.183. The zero-order valence-electron chi connectivity index (χ0n) is 14.6. The van der Waals surface area contributed by atoms with Gasteiger partial charge in [-0.1, -0.05) is 12.1 Å². The molecule has 0 aliphatic carbocycles. The summed E-state index contributed by atoms with van der Waals surface area (Å²) in [6.45, 7) is 4.01. The van der Waals surface area contributed by atoms with Crippen LogP contribution in [0.15, 0.2) is 24.3 Å². The third kappa shape index (κ3) is 5.73. The van der Waals surface area contributed by atoms with E-state index >= 15 is 0 Å². The van der Waals surface area contributed by atoms with E-state index in [0.29, 0.717) is 13.1 Å². The summed E-state index contributed by atoms with van der Waals surface area (Å²) in [5, 5.41) is 0. The van der Waals surface area contributed by atoms with Crippen LogP contribution in [0.3, 0.4) is 0 Å². The third-order valence-corrected chi connectivity index (χ3v) is 6.20. The van der Waals surface area contributed by atoms with Crippen LogP contribution in [0.2, 0.25) is 0 Å². The second-order valence-electron chi connectivity index (χ2n) is 6.00. The van der Waals surface area contributed by atoms with Crippen molar-refractivity contribution in [2.24, 2.45) is 0 Å². The molecule has 2 rings (SSSR count). The lowest BCUT2D eigenvalue weighted by atomic mass is 10.1. The molecule has 0 aromatic heterocycles. The normalized spacial score (nSPS) is 17.1. The molecule has 0 unspecified atom stereocenters. The monoisotopic (exact) mass is 356 g/mol. The minimum atomic E-state index is -3.17. The molecule has 0 saturated carbocycles. The van der Waals surface area contributed by atoms with Gasteiger partial charge in [-0.2, -0.15) is 4.31 Å². The second kappa shape index (κ2) is 9.36. The Morgan fingerprint density at radius 3 is 2.29 bits per heavy atom. The Balaban J connectivity index is 1.69. The van der Waals surface area contributed by atoms with E-state index in [4.69, 9.17) is 9.47 Å². The first-order valence-corrected chi connectivity index (χ1v) is 9.98. The summed E-state index contributed by atoms with van der Waals surface area (Å²) in [6, 6.07) is 8.16. The fraction of sp³-hybridized carbons (Fsp3) is 0.647. The number of rotatable bonds is 9. The predicted octanol–water partition coefficient (Wildman–Crippen LogP) is 1.22. The molecular weight excluding hydrogens is 328 g/mol.